The number of amides is 1. The summed E-state index contributed by atoms with van der Waals surface area (Å²) in [6, 6.07) is 13.4. The maximum atomic E-state index is 13.5. The Bertz CT molecular complexity index is 706. The molecule has 0 fully saturated rings. The Morgan fingerprint density at radius 3 is 2.61 bits per heavy atom. The fourth-order valence-electron chi connectivity index (χ4n) is 1.96. The molecule has 0 heterocycles. The summed E-state index contributed by atoms with van der Waals surface area (Å²) >= 11 is 2.03. The van der Waals surface area contributed by atoms with Crippen LogP contribution in [0.5, 0.6) is 0 Å². The minimum atomic E-state index is -2.98. The quantitative estimate of drug-likeness (QED) is 0.375. The van der Waals surface area contributed by atoms with Crippen LogP contribution in [0, 0.1) is 0 Å². The van der Waals surface area contributed by atoms with E-state index in [1.165, 1.54) is 21.4 Å². The summed E-state index contributed by atoms with van der Waals surface area (Å²) in [7, 11) is 1.54. The number of carbonyl (C=O) groups is 1. The highest BCUT2D eigenvalue weighted by molar-refractivity contribution is 14.1. The lowest BCUT2D eigenvalue weighted by Gasteiger charge is -2.22. The van der Waals surface area contributed by atoms with Gasteiger partial charge in [-0.3, -0.25) is 7.91 Å². The third-order valence-corrected chi connectivity index (χ3v) is 4.58. The zero-order chi connectivity index (χ0) is 17.0. The van der Waals surface area contributed by atoms with E-state index in [0.717, 1.165) is 5.69 Å². The Balaban J connectivity index is 2.38. The van der Waals surface area contributed by atoms with Crippen molar-refractivity contribution in [2.45, 2.75) is 19.0 Å². The first-order chi connectivity index (χ1) is 10.8. The molecule has 0 saturated carbocycles. The predicted molar refractivity (Wildman–Crippen MR) is 102 cm³/mol. The molecule has 0 aliphatic heterocycles. The van der Waals surface area contributed by atoms with Crippen molar-refractivity contribution >= 4 is 55.1 Å². The van der Waals surface area contributed by atoms with Gasteiger partial charge < -0.3 is 5.32 Å². The number of alkyl halides is 2. The number of anilines is 3. The molecule has 0 saturated heterocycles. The zero-order valence-electron chi connectivity index (χ0n) is 12.4. The summed E-state index contributed by atoms with van der Waals surface area (Å²) in [4.78, 5) is 11.6. The van der Waals surface area contributed by atoms with Crippen LogP contribution in [-0.2, 0) is 10.5 Å². The van der Waals surface area contributed by atoms with Gasteiger partial charge in [0, 0.05) is 12.0 Å². The van der Waals surface area contributed by atoms with Crippen LogP contribution < -0.4 is 8.43 Å². The van der Waals surface area contributed by atoms with Gasteiger partial charge >= 0.3 is 0 Å². The Morgan fingerprint density at radius 1 is 1.26 bits per heavy atom. The van der Waals surface area contributed by atoms with Crippen molar-refractivity contribution in [3.8, 4) is 0 Å². The van der Waals surface area contributed by atoms with E-state index in [1.807, 2.05) is 41.1 Å². The summed E-state index contributed by atoms with van der Waals surface area (Å²) in [6.45, 7) is 1.77. The van der Waals surface area contributed by atoms with Gasteiger partial charge in [0.05, 0.1) is 39.9 Å². The second-order valence-electron chi connectivity index (χ2n) is 4.87. The number of benzene rings is 2. The molecule has 1 unspecified atom stereocenters. The van der Waals surface area contributed by atoms with E-state index in [1.54, 1.807) is 28.2 Å². The predicted octanol–water partition coefficient (Wildman–Crippen LogP) is 5.45. The topological polar surface area (TPSA) is 32.3 Å². The van der Waals surface area contributed by atoms with Crippen molar-refractivity contribution in [1.82, 2.24) is 0 Å². The number of hydrogen-bond acceptors (Lipinski definition) is 2. The number of halogens is 3. The highest BCUT2D eigenvalue weighted by atomic mass is 127. The van der Waals surface area contributed by atoms with Crippen LogP contribution in [0.15, 0.2) is 48.5 Å². The molecule has 0 aliphatic rings. The maximum absolute atomic E-state index is 13.5. The van der Waals surface area contributed by atoms with Crippen LogP contribution in [0.4, 0.5) is 25.8 Å². The summed E-state index contributed by atoms with van der Waals surface area (Å²) in [5.74, 6) is -0.104. The van der Waals surface area contributed by atoms with E-state index in [2.05, 4.69) is 5.32 Å². The molecular formula is C16H16F2IN2OP. The van der Waals surface area contributed by atoms with E-state index in [4.69, 9.17) is 0 Å². The molecule has 122 valence electrons. The molecule has 0 aromatic heterocycles. The lowest BCUT2D eigenvalue weighted by atomic mass is 10.2. The van der Waals surface area contributed by atoms with Crippen LogP contribution in [-0.4, -0.2) is 5.91 Å². The van der Waals surface area contributed by atoms with Crippen LogP contribution in [0.25, 0.3) is 0 Å². The second kappa shape index (κ2) is 7.53. The van der Waals surface area contributed by atoms with Crippen LogP contribution >= 0.6 is 32.1 Å². The van der Waals surface area contributed by atoms with Crippen molar-refractivity contribution in [1.29, 1.82) is 0 Å². The molecule has 1 amide bonds. The van der Waals surface area contributed by atoms with Crippen molar-refractivity contribution < 1.29 is 13.6 Å². The molecule has 0 aliphatic carbocycles. The summed E-state index contributed by atoms with van der Waals surface area (Å²) in [5, 5.41) is 2.82. The van der Waals surface area contributed by atoms with Gasteiger partial charge in [0.1, 0.15) is 0 Å². The van der Waals surface area contributed by atoms with Crippen LogP contribution in [0.3, 0.4) is 0 Å². The first-order valence-electron chi connectivity index (χ1n) is 6.95. The van der Waals surface area contributed by atoms with Crippen molar-refractivity contribution in [3.05, 3.63) is 54.1 Å². The smallest absolute Gasteiger partial charge is 0.283 e. The highest BCUT2D eigenvalue weighted by Crippen LogP contribution is 2.40. The SMILES string of the molecule is CCC(=O)Nc1ccccc1N(I)c1cccc(C(F)(F)P)c1. The van der Waals surface area contributed by atoms with Gasteiger partial charge in [-0.25, -0.2) is 0 Å². The van der Waals surface area contributed by atoms with Gasteiger partial charge in [0.15, 0.2) is 0 Å². The number of nitrogens with zero attached hydrogens (tertiary/aromatic N) is 1. The average molecular weight is 448 g/mol. The Labute approximate surface area is 150 Å². The lowest BCUT2D eigenvalue weighted by Crippen LogP contribution is -2.13. The number of para-hydroxylation sites is 2. The zero-order valence-corrected chi connectivity index (χ0v) is 15.7. The molecule has 2 aromatic rings. The van der Waals surface area contributed by atoms with E-state index < -0.39 is 5.66 Å². The van der Waals surface area contributed by atoms with Gasteiger partial charge in [0.25, 0.3) is 5.66 Å². The molecule has 23 heavy (non-hydrogen) atoms. The molecule has 0 bridgehead atoms. The molecule has 2 aromatic carbocycles. The number of nitrogens with one attached hydrogen (secondary N) is 1. The molecule has 1 atom stereocenters. The van der Waals surface area contributed by atoms with E-state index in [0.29, 0.717) is 17.8 Å². The minimum Gasteiger partial charge on any atom is -0.324 e. The second-order valence-corrected chi connectivity index (χ2v) is 6.56. The maximum Gasteiger partial charge on any atom is 0.283 e. The van der Waals surface area contributed by atoms with E-state index in [9.17, 15) is 13.6 Å². The molecule has 0 radical (unpaired) electrons. The van der Waals surface area contributed by atoms with Crippen molar-refractivity contribution in [3.63, 3.8) is 0 Å². The highest BCUT2D eigenvalue weighted by Gasteiger charge is 2.25. The van der Waals surface area contributed by atoms with Gasteiger partial charge in [-0.05, 0) is 24.3 Å². The standard InChI is InChI=1S/C16H16F2IN2OP/c1-2-15(22)20-13-8-3-4-9-14(13)21(19)12-7-5-6-11(10-12)16(17,18)23/h3-10H,2,23H2,1H3,(H,20,22). The monoisotopic (exact) mass is 448 g/mol. The van der Waals surface area contributed by atoms with Crippen molar-refractivity contribution in [2.24, 2.45) is 0 Å². The van der Waals surface area contributed by atoms with Crippen LogP contribution in [0.2, 0.25) is 0 Å². The largest absolute Gasteiger partial charge is 0.324 e. The van der Waals surface area contributed by atoms with E-state index in [-0.39, 0.29) is 11.5 Å². The summed E-state index contributed by atoms with van der Waals surface area (Å²) in [6.07, 6.45) is 0.365. The molecule has 3 nitrogen and oxygen atoms in total. The lowest BCUT2D eigenvalue weighted by molar-refractivity contribution is -0.115. The molecule has 0 spiro atoms. The van der Waals surface area contributed by atoms with Crippen molar-refractivity contribution in [2.75, 3.05) is 8.43 Å². The molecule has 7 heteroatoms. The van der Waals surface area contributed by atoms with Gasteiger partial charge in [-0.2, -0.15) is 8.78 Å². The minimum absolute atomic E-state index is 0.0864. The fraction of sp³-hybridized carbons (Fsp3) is 0.188. The summed E-state index contributed by atoms with van der Waals surface area (Å²) in [5.41, 5.74) is -1.11. The average Bonchev–Trinajstić information content (AvgIpc) is 2.54. The first-order valence-corrected chi connectivity index (χ1v) is 8.49. The van der Waals surface area contributed by atoms with Gasteiger partial charge in [-0.15, -0.1) is 0 Å². The third-order valence-electron chi connectivity index (χ3n) is 3.17. The summed E-state index contributed by atoms with van der Waals surface area (Å²) < 4.78 is 28.7. The number of rotatable bonds is 5. The van der Waals surface area contributed by atoms with Gasteiger partial charge in [0.2, 0.25) is 5.91 Å². The van der Waals surface area contributed by atoms with E-state index >= 15 is 0 Å². The Morgan fingerprint density at radius 2 is 1.96 bits per heavy atom. The van der Waals surface area contributed by atoms with Gasteiger partial charge in [-0.1, -0.05) is 40.4 Å². The molecule has 2 rings (SSSR count). The Kier molecular flexibility index (Phi) is 5.92. The molecular weight excluding hydrogens is 432 g/mol. The number of carbonyl (C=O) groups excluding carboxylic acids is 1. The fourth-order valence-corrected chi connectivity index (χ4v) is 2.86. The number of hydrogen-bond donors (Lipinski definition) is 1. The Hall–Kier alpha value is -1.27. The third kappa shape index (κ3) is 4.61. The first kappa shape index (κ1) is 18.1. The van der Waals surface area contributed by atoms with Crippen LogP contribution in [0.1, 0.15) is 18.9 Å². The molecule has 1 N–H and O–H groups in total. The normalized spacial score (nSPS) is 11.2.